The van der Waals surface area contributed by atoms with Crippen LogP contribution < -0.4 is 5.56 Å². The third kappa shape index (κ3) is 1.42. The minimum Gasteiger partial charge on any atom is -0.265 e. The largest absolute Gasteiger partial charge is 0.598 e. The lowest BCUT2D eigenvalue weighted by atomic mass is 10.1. The molecule has 2 aromatic carbocycles. The highest BCUT2D eigenvalue weighted by molar-refractivity contribution is 7.28. The third-order valence-corrected chi connectivity index (χ3v) is 4.67. The zero-order chi connectivity index (χ0) is 12.9. The van der Waals surface area contributed by atoms with Gasteiger partial charge in [0.05, 0.1) is 25.0 Å². The van der Waals surface area contributed by atoms with Crippen molar-refractivity contribution >= 4 is 29.4 Å². The summed E-state index contributed by atoms with van der Waals surface area (Å²) in [6, 6.07) is 11.6. The highest BCUT2D eigenvalue weighted by atomic mass is 31.1. The molecule has 0 aliphatic rings. The van der Waals surface area contributed by atoms with Gasteiger partial charge in [-0.3, -0.25) is 4.79 Å². The molecule has 3 aromatic rings. The summed E-state index contributed by atoms with van der Waals surface area (Å²) in [5.41, 5.74) is 0.549. The summed E-state index contributed by atoms with van der Waals surface area (Å²) in [6.07, 6.45) is 0. The molecule has 0 aliphatic carbocycles. The maximum Gasteiger partial charge on any atom is 0.598 e. The van der Waals surface area contributed by atoms with Crippen molar-refractivity contribution in [3.8, 4) is 0 Å². The molecule has 0 amide bonds. The van der Waals surface area contributed by atoms with Crippen LogP contribution in [0.4, 0.5) is 0 Å². The van der Waals surface area contributed by atoms with Gasteiger partial charge in [-0.05, 0) is 27.5 Å². The average Bonchev–Trinajstić information content (AvgIpc) is 2.41. The Kier molecular flexibility index (Phi) is 2.35. The number of aromatic nitrogens is 2. The first kappa shape index (κ1) is 11.2. The fourth-order valence-electron chi connectivity index (χ4n) is 2.21. The molecule has 0 spiro atoms. The number of benzene rings is 2. The van der Waals surface area contributed by atoms with Crippen molar-refractivity contribution in [3.05, 3.63) is 46.8 Å². The summed E-state index contributed by atoms with van der Waals surface area (Å²) in [4.78, 5) is 12.1. The van der Waals surface area contributed by atoms with Crippen LogP contribution in [0.2, 0.25) is 0 Å². The van der Waals surface area contributed by atoms with Crippen molar-refractivity contribution in [2.75, 3.05) is 0 Å². The van der Waals surface area contributed by atoms with Crippen LogP contribution in [0.5, 0.6) is 0 Å². The first-order chi connectivity index (χ1) is 8.59. The van der Waals surface area contributed by atoms with Gasteiger partial charge in [0.25, 0.3) is 5.56 Å². The second-order valence-electron chi connectivity index (χ2n) is 4.32. The van der Waals surface area contributed by atoms with Crippen molar-refractivity contribution < 1.29 is 4.57 Å². The van der Waals surface area contributed by atoms with E-state index in [9.17, 15) is 9.36 Å². The Balaban J connectivity index is 2.67. The third-order valence-electron chi connectivity index (χ3n) is 3.25. The van der Waals surface area contributed by atoms with Gasteiger partial charge >= 0.3 is 7.73 Å². The van der Waals surface area contributed by atoms with E-state index in [-0.39, 0.29) is 5.56 Å². The zero-order valence-corrected chi connectivity index (χ0v) is 11.0. The predicted octanol–water partition coefficient (Wildman–Crippen LogP) is 2.77. The summed E-state index contributed by atoms with van der Waals surface area (Å²) in [7, 11) is 1.48. The van der Waals surface area contributed by atoms with Crippen LogP contribution in [0.3, 0.4) is 0 Å². The lowest BCUT2D eigenvalue weighted by Crippen LogP contribution is -2.16. The number of nitrogens with zero attached hydrogens (tertiary/aromatic N) is 2. The lowest BCUT2D eigenvalue weighted by Gasteiger charge is -2.02. The molecule has 0 saturated carbocycles. The van der Waals surface area contributed by atoms with Gasteiger partial charge in [0, 0.05) is 0 Å². The van der Waals surface area contributed by atoms with Crippen LogP contribution in [0.1, 0.15) is 0 Å². The second-order valence-corrected chi connectivity index (χ2v) is 6.03. The number of aryl methyl sites for hydroxylation is 1. The SMILES string of the molecule is Cn1c(=O)c2cc3ccccc3cc2n(C)[p+]1=O. The molecular weight excluding hydrogens is 247 g/mol. The Morgan fingerprint density at radius 2 is 1.61 bits per heavy atom. The van der Waals surface area contributed by atoms with Crippen LogP contribution >= 0.6 is 7.73 Å². The minimum absolute atomic E-state index is 0.185. The normalized spacial score (nSPS) is 12.2. The summed E-state index contributed by atoms with van der Waals surface area (Å²) in [5.74, 6) is 0. The van der Waals surface area contributed by atoms with E-state index in [0.29, 0.717) is 5.39 Å². The van der Waals surface area contributed by atoms with Gasteiger partial charge in [0.2, 0.25) is 0 Å². The Hall–Kier alpha value is -1.93. The monoisotopic (exact) mass is 259 g/mol. The van der Waals surface area contributed by atoms with Crippen LogP contribution in [-0.4, -0.2) is 8.66 Å². The smallest absolute Gasteiger partial charge is 0.265 e. The van der Waals surface area contributed by atoms with Gasteiger partial charge in [-0.2, -0.15) is 0 Å². The average molecular weight is 259 g/mol. The molecular formula is C13H12N2O2P+. The van der Waals surface area contributed by atoms with Crippen molar-refractivity contribution in [1.29, 1.82) is 0 Å². The van der Waals surface area contributed by atoms with E-state index in [2.05, 4.69) is 0 Å². The van der Waals surface area contributed by atoms with E-state index in [1.807, 2.05) is 36.4 Å². The molecule has 1 aromatic heterocycles. The molecule has 0 fully saturated rings. The topological polar surface area (TPSA) is 44.0 Å². The van der Waals surface area contributed by atoms with E-state index < -0.39 is 7.73 Å². The van der Waals surface area contributed by atoms with Crippen molar-refractivity contribution in [2.24, 2.45) is 14.1 Å². The van der Waals surface area contributed by atoms with Crippen LogP contribution in [0, 0.1) is 0 Å². The number of hydrogen-bond donors (Lipinski definition) is 0. The molecule has 4 nitrogen and oxygen atoms in total. The Morgan fingerprint density at radius 3 is 2.28 bits per heavy atom. The molecule has 1 atom stereocenters. The predicted molar refractivity (Wildman–Crippen MR) is 73.3 cm³/mol. The minimum atomic E-state index is -1.83. The standard InChI is InChI=1S/C13H12N2O2P/c1-14-12-8-10-6-4-3-5-9(10)7-11(12)13(16)15(2)18(14)17/h3-8H,1-2H3/q+1. The van der Waals surface area contributed by atoms with Gasteiger partial charge in [-0.1, -0.05) is 24.3 Å². The lowest BCUT2D eigenvalue weighted by molar-refractivity contribution is 0.580. The maximum absolute atomic E-state index is 12.1. The van der Waals surface area contributed by atoms with Gasteiger partial charge in [0.15, 0.2) is 0 Å². The number of hydrogen-bond acceptors (Lipinski definition) is 2. The molecule has 0 bridgehead atoms. The molecule has 5 heteroatoms. The van der Waals surface area contributed by atoms with E-state index in [0.717, 1.165) is 16.3 Å². The molecule has 3 rings (SSSR count). The maximum atomic E-state index is 12.1. The molecule has 0 saturated heterocycles. The van der Waals surface area contributed by atoms with Gasteiger partial charge in [0.1, 0.15) is 0 Å². The summed E-state index contributed by atoms with van der Waals surface area (Å²) in [5, 5.41) is 2.67. The van der Waals surface area contributed by atoms with E-state index >= 15 is 0 Å². The van der Waals surface area contributed by atoms with Crippen molar-refractivity contribution in [3.63, 3.8) is 0 Å². The van der Waals surface area contributed by atoms with Crippen LogP contribution in [0.25, 0.3) is 21.7 Å². The van der Waals surface area contributed by atoms with E-state index in [1.165, 1.54) is 4.33 Å². The van der Waals surface area contributed by atoms with E-state index in [1.54, 1.807) is 18.4 Å². The van der Waals surface area contributed by atoms with Gasteiger partial charge in [-0.25, -0.2) is 0 Å². The fourth-order valence-corrected chi connectivity index (χ4v) is 3.23. The summed E-state index contributed by atoms with van der Waals surface area (Å²) < 4.78 is 14.9. The van der Waals surface area contributed by atoms with Crippen LogP contribution in [0.15, 0.2) is 41.2 Å². The summed E-state index contributed by atoms with van der Waals surface area (Å²) in [6.45, 7) is 0. The first-order valence-corrected chi connectivity index (χ1v) is 6.78. The fraction of sp³-hybridized carbons (Fsp3) is 0.154. The second kappa shape index (κ2) is 3.79. The number of rotatable bonds is 0. The zero-order valence-electron chi connectivity index (χ0n) is 10.1. The Bertz CT molecular complexity index is 893. The molecule has 0 N–H and O–H groups in total. The van der Waals surface area contributed by atoms with Crippen LogP contribution in [-0.2, 0) is 18.7 Å². The highest BCUT2D eigenvalue weighted by Crippen LogP contribution is 2.23. The highest BCUT2D eigenvalue weighted by Gasteiger charge is 2.17. The van der Waals surface area contributed by atoms with Gasteiger partial charge in [-0.15, -0.1) is 8.66 Å². The summed E-state index contributed by atoms with van der Waals surface area (Å²) >= 11 is 0. The van der Waals surface area contributed by atoms with Gasteiger partial charge < -0.3 is 0 Å². The molecule has 1 heterocycles. The molecule has 0 aliphatic heterocycles. The Morgan fingerprint density at radius 1 is 1.00 bits per heavy atom. The first-order valence-electron chi connectivity index (χ1n) is 5.61. The molecule has 18 heavy (non-hydrogen) atoms. The van der Waals surface area contributed by atoms with Crippen molar-refractivity contribution in [1.82, 2.24) is 8.66 Å². The Labute approximate surface area is 104 Å². The molecule has 90 valence electrons. The molecule has 0 radical (unpaired) electrons. The van der Waals surface area contributed by atoms with E-state index in [4.69, 9.17) is 0 Å². The quantitative estimate of drug-likeness (QED) is 0.583. The number of fused-ring (bicyclic) bond motifs is 2. The van der Waals surface area contributed by atoms with Crippen molar-refractivity contribution in [2.45, 2.75) is 0 Å². The molecule has 1 unspecified atom stereocenters.